The van der Waals surface area contributed by atoms with Gasteiger partial charge in [0.1, 0.15) is 0 Å². The molecule has 0 radical (unpaired) electrons. The zero-order valence-electron chi connectivity index (χ0n) is 24.5. The highest BCUT2D eigenvalue weighted by Crippen LogP contribution is 2.39. The van der Waals surface area contributed by atoms with Gasteiger partial charge in [-0.1, -0.05) is 113 Å². The molecule has 2 heterocycles. The Balaban J connectivity index is 1.45. The third kappa shape index (κ3) is 6.31. The fraction of sp³-hybridized carbons (Fsp3) is 0.333. The van der Waals surface area contributed by atoms with Crippen molar-refractivity contribution in [3.63, 3.8) is 0 Å². The number of carbonyl (C=O) groups excluding carboxylic acids is 2. The Hall–Kier alpha value is -3.70. The van der Waals surface area contributed by atoms with Crippen molar-refractivity contribution in [1.29, 1.82) is 0 Å². The summed E-state index contributed by atoms with van der Waals surface area (Å²) in [6, 6.07) is 30.6. The Bertz CT molecular complexity index is 1420. The summed E-state index contributed by atoms with van der Waals surface area (Å²) in [6.45, 7) is 9.95. The van der Waals surface area contributed by atoms with E-state index in [0.717, 1.165) is 29.5 Å². The van der Waals surface area contributed by atoms with Crippen LogP contribution >= 0.6 is 11.3 Å². The zero-order chi connectivity index (χ0) is 29.0. The van der Waals surface area contributed by atoms with Crippen molar-refractivity contribution in [2.24, 2.45) is 0 Å². The van der Waals surface area contributed by atoms with Gasteiger partial charge in [-0.2, -0.15) is 0 Å². The lowest BCUT2D eigenvalue weighted by molar-refractivity contribution is -0.142. The first-order valence-electron chi connectivity index (χ1n) is 14.6. The molecule has 2 amide bonds. The normalized spacial score (nSPS) is 15.0. The van der Waals surface area contributed by atoms with Gasteiger partial charge in [-0.3, -0.25) is 9.59 Å². The third-order valence-corrected chi connectivity index (χ3v) is 9.02. The van der Waals surface area contributed by atoms with Gasteiger partial charge in [0.15, 0.2) is 0 Å². The predicted octanol–water partition coefficient (Wildman–Crippen LogP) is 7.59. The number of benzene rings is 3. The number of rotatable bonds is 8. The molecule has 1 aromatic heterocycles. The van der Waals surface area contributed by atoms with E-state index < -0.39 is 5.92 Å². The molecule has 1 atom stereocenters. The van der Waals surface area contributed by atoms with Crippen LogP contribution in [0.15, 0.2) is 96.4 Å². The average molecular weight is 565 g/mol. The van der Waals surface area contributed by atoms with Crippen molar-refractivity contribution in [1.82, 2.24) is 9.80 Å². The van der Waals surface area contributed by atoms with Crippen molar-refractivity contribution in [3.05, 3.63) is 129 Å². The molecule has 0 saturated heterocycles. The molecular weight excluding hydrogens is 524 g/mol. The number of hydrogen-bond acceptors (Lipinski definition) is 3. The minimum absolute atomic E-state index is 0.00609. The van der Waals surface area contributed by atoms with E-state index >= 15 is 0 Å². The van der Waals surface area contributed by atoms with E-state index in [9.17, 15) is 9.59 Å². The topological polar surface area (TPSA) is 40.6 Å². The lowest BCUT2D eigenvalue weighted by atomic mass is 9.85. The minimum Gasteiger partial charge on any atom is -0.333 e. The quantitative estimate of drug-likeness (QED) is 0.221. The van der Waals surface area contributed by atoms with E-state index in [4.69, 9.17) is 0 Å². The maximum absolute atomic E-state index is 14.2. The molecule has 5 heteroatoms. The lowest BCUT2D eigenvalue weighted by Crippen LogP contribution is -2.48. The summed E-state index contributed by atoms with van der Waals surface area (Å²) in [7, 11) is 0. The fourth-order valence-electron chi connectivity index (χ4n) is 5.85. The Kier molecular flexibility index (Phi) is 8.74. The second kappa shape index (κ2) is 12.4. The lowest BCUT2D eigenvalue weighted by Gasteiger charge is -2.38. The number of nitrogens with zero attached hydrogens (tertiary/aromatic N) is 2. The van der Waals surface area contributed by atoms with Gasteiger partial charge in [-0.05, 0) is 57.5 Å². The van der Waals surface area contributed by atoms with Crippen LogP contribution in [0, 0.1) is 0 Å². The summed E-state index contributed by atoms with van der Waals surface area (Å²) < 4.78 is 0. The third-order valence-electron chi connectivity index (χ3n) is 8.02. The summed E-state index contributed by atoms with van der Waals surface area (Å²) in [6.07, 6.45) is 1.62. The highest BCUT2D eigenvalue weighted by molar-refractivity contribution is 7.10. The van der Waals surface area contributed by atoms with Crippen LogP contribution in [-0.4, -0.2) is 41.2 Å². The maximum Gasteiger partial charge on any atom is 0.242 e. The highest BCUT2D eigenvalue weighted by Gasteiger charge is 2.35. The van der Waals surface area contributed by atoms with E-state index in [1.165, 1.54) is 16.0 Å². The van der Waals surface area contributed by atoms with E-state index in [-0.39, 0.29) is 29.8 Å². The summed E-state index contributed by atoms with van der Waals surface area (Å²) in [5.74, 6) is -0.493. The van der Waals surface area contributed by atoms with Gasteiger partial charge in [-0.15, -0.1) is 11.3 Å². The molecule has 0 unspecified atom stereocenters. The summed E-state index contributed by atoms with van der Waals surface area (Å²) in [4.78, 5) is 33.5. The summed E-state index contributed by atoms with van der Waals surface area (Å²) >= 11 is 1.77. The van der Waals surface area contributed by atoms with Crippen LogP contribution < -0.4 is 0 Å². The first-order chi connectivity index (χ1) is 19.8. The van der Waals surface area contributed by atoms with E-state index in [1.807, 2.05) is 65.6 Å². The molecule has 212 valence electrons. The highest BCUT2D eigenvalue weighted by atomic mass is 32.1. The Morgan fingerprint density at radius 3 is 2.07 bits per heavy atom. The summed E-state index contributed by atoms with van der Waals surface area (Å²) in [5, 5.41) is 2.13. The standard InChI is InChI=1S/C36H40N2O2S/c1-5-22-37(35(40)33(26-12-8-6-9-13-26)27-14-10-7-11-15-27)25-32(39)38-23-20-31-30(21-24-41-31)34(38)28-16-18-29(19-17-28)36(2,3)4/h6-19,21,24,33-34H,5,20,22-23,25H2,1-4H3/t34-/m1/s1. The molecule has 0 aliphatic carbocycles. The Morgan fingerprint density at radius 2 is 1.51 bits per heavy atom. The number of fused-ring (bicyclic) bond motifs is 1. The minimum atomic E-state index is -0.456. The first kappa shape index (κ1) is 28.8. The zero-order valence-corrected chi connectivity index (χ0v) is 25.4. The van der Waals surface area contributed by atoms with Gasteiger partial charge in [-0.25, -0.2) is 0 Å². The van der Waals surface area contributed by atoms with E-state index in [2.05, 4.69) is 63.4 Å². The van der Waals surface area contributed by atoms with Gasteiger partial charge in [0.05, 0.1) is 18.5 Å². The van der Waals surface area contributed by atoms with Crippen molar-refractivity contribution in [2.75, 3.05) is 19.6 Å². The number of carbonyl (C=O) groups is 2. The number of hydrogen-bond donors (Lipinski definition) is 0. The van der Waals surface area contributed by atoms with Gasteiger partial charge < -0.3 is 9.80 Å². The molecule has 1 aliphatic rings. The van der Waals surface area contributed by atoms with Crippen molar-refractivity contribution in [3.8, 4) is 0 Å². The van der Waals surface area contributed by atoms with Crippen LogP contribution in [0.4, 0.5) is 0 Å². The SMILES string of the molecule is CCCN(CC(=O)N1CCc2sccc2[C@H]1c1ccc(C(C)(C)C)cc1)C(=O)C(c1ccccc1)c1ccccc1. The van der Waals surface area contributed by atoms with Crippen molar-refractivity contribution >= 4 is 23.2 Å². The monoisotopic (exact) mass is 564 g/mol. The predicted molar refractivity (Wildman–Crippen MR) is 168 cm³/mol. The molecular formula is C36H40N2O2S. The van der Waals surface area contributed by atoms with E-state index in [1.54, 1.807) is 16.2 Å². The second-order valence-corrected chi connectivity index (χ2v) is 12.9. The number of thiophene rings is 1. The van der Waals surface area contributed by atoms with E-state index in [0.29, 0.717) is 13.1 Å². The van der Waals surface area contributed by atoms with Crippen LogP contribution in [0.25, 0.3) is 0 Å². The largest absolute Gasteiger partial charge is 0.333 e. The smallest absolute Gasteiger partial charge is 0.242 e. The van der Waals surface area contributed by atoms with Crippen LogP contribution in [-0.2, 0) is 21.4 Å². The van der Waals surface area contributed by atoms with Crippen LogP contribution in [0.2, 0.25) is 0 Å². The second-order valence-electron chi connectivity index (χ2n) is 11.9. The molecule has 4 aromatic rings. The van der Waals surface area contributed by atoms with Gasteiger partial charge >= 0.3 is 0 Å². The molecule has 0 fully saturated rings. The van der Waals surface area contributed by atoms with Gasteiger partial charge in [0.25, 0.3) is 0 Å². The molecule has 4 nitrogen and oxygen atoms in total. The van der Waals surface area contributed by atoms with Gasteiger partial charge in [0.2, 0.25) is 11.8 Å². The van der Waals surface area contributed by atoms with Crippen molar-refractivity contribution in [2.45, 2.75) is 57.9 Å². The molecule has 0 N–H and O–H groups in total. The molecule has 1 aliphatic heterocycles. The maximum atomic E-state index is 14.2. The molecule has 5 rings (SSSR count). The summed E-state index contributed by atoms with van der Waals surface area (Å²) in [5.41, 5.74) is 5.53. The molecule has 41 heavy (non-hydrogen) atoms. The Labute approximate surface area is 248 Å². The first-order valence-corrected chi connectivity index (χ1v) is 15.5. The molecule has 0 bridgehead atoms. The molecule has 3 aromatic carbocycles. The van der Waals surface area contributed by atoms with Crippen LogP contribution in [0.5, 0.6) is 0 Å². The number of amides is 2. The molecule has 0 spiro atoms. The van der Waals surface area contributed by atoms with Crippen LogP contribution in [0.3, 0.4) is 0 Å². The molecule has 0 saturated carbocycles. The van der Waals surface area contributed by atoms with Gasteiger partial charge in [0, 0.05) is 18.0 Å². The fourth-order valence-corrected chi connectivity index (χ4v) is 6.76. The van der Waals surface area contributed by atoms with Crippen LogP contribution in [0.1, 0.15) is 78.8 Å². The average Bonchev–Trinajstić information content (AvgIpc) is 3.46. The van der Waals surface area contributed by atoms with Crippen molar-refractivity contribution < 1.29 is 9.59 Å². The Morgan fingerprint density at radius 1 is 0.902 bits per heavy atom.